The van der Waals surface area contributed by atoms with Crippen LogP contribution in [0.5, 0.6) is 5.75 Å². The maximum absolute atomic E-state index is 13.1. The van der Waals surface area contributed by atoms with Crippen LogP contribution in [-0.2, 0) is 13.0 Å². The maximum atomic E-state index is 13.1. The number of hydrogen-bond donors (Lipinski definition) is 2. The van der Waals surface area contributed by atoms with Crippen LogP contribution in [0.4, 0.5) is 5.00 Å². The van der Waals surface area contributed by atoms with Crippen molar-refractivity contribution >= 4 is 33.0 Å². The SMILES string of the molecule is CCN1CCc2c(sc3c2C(=O)N[C@@H](c2c(OC)ccc4ccccc24)N3)C1. The van der Waals surface area contributed by atoms with Gasteiger partial charge in [0, 0.05) is 23.5 Å². The maximum Gasteiger partial charge on any atom is 0.256 e. The lowest BCUT2D eigenvalue weighted by atomic mass is 9.97. The average molecular weight is 394 g/mol. The number of anilines is 1. The first-order valence-electron chi connectivity index (χ1n) is 9.69. The summed E-state index contributed by atoms with van der Waals surface area (Å²) >= 11 is 1.72. The fourth-order valence-corrected chi connectivity index (χ4v) is 5.65. The van der Waals surface area contributed by atoms with Gasteiger partial charge in [-0.1, -0.05) is 37.3 Å². The number of ether oxygens (including phenoxy) is 1. The molecule has 5 nitrogen and oxygen atoms in total. The summed E-state index contributed by atoms with van der Waals surface area (Å²) in [5.74, 6) is 0.787. The summed E-state index contributed by atoms with van der Waals surface area (Å²) in [6, 6.07) is 12.2. The van der Waals surface area contributed by atoms with E-state index in [0.717, 1.165) is 58.7 Å². The number of nitrogens with zero attached hydrogens (tertiary/aromatic N) is 1. The van der Waals surface area contributed by atoms with Gasteiger partial charge in [-0.2, -0.15) is 0 Å². The number of rotatable bonds is 3. The van der Waals surface area contributed by atoms with Crippen LogP contribution in [0, 0.1) is 0 Å². The molecular formula is C22H23N3O2S. The Hall–Kier alpha value is -2.57. The third-order valence-corrected chi connectivity index (χ3v) is 6.95. The summed E-state index contributed by atoms with van der Waals surface area (Å²) in [5, 5.41) is 9.96. The van der Waals surface area contributed by atoms with Crippen molar-refractivity contribution in [2.45, 2.75) is 26.1 Å². The van der Waals surface area contributed by atoms with Gasteiger partial charge in [0.2, 0.25) is 0 Å². The van der Waals surface area contributed by atoms with E-state index in [4.69, 9.17) is 4.74 Å². The monoisotopic (exact) mass is 393 g/mol. The topological polar surface area (TPSA) is 53.6 Å². The van der Waals surface area contributed by atoms with Gasteiger partial charge in [-0.15, -0.1) is 11.3 Å². The van der Waals surface area contributed by atoms with Gasteiger partial charge in [-0.05, 0) is 35.4 Å². The fraction of sp³-hybridized carbons (Fsp3) is 0.318. The number of likely N-dealkylation sites (N-methyl/N-ethyl adjacent to an activating group) is 1. The first-order valence-corrected chi connectivity index (χ1v) is 10.5. The molecule has 0 saturated heterocycles. The van der Waals surface area contributed by atoms with Crippen molar-refractivity contribution in [3.8, 4) is 5.75 Å². The molecule has 0 radical (unpaired) electrons. The van der Waals surface area contributed by atoms with Crippen molar-refractivity contribution in [1.82, 2.24) is 10.2 Å². The third kappa shape index (κ3) is 2.67. The summed E-state index contributed by atoms with van der Waals surface area (Å²) < 4.78 is 5.65. The zero-order chi connectivity index (χ0) is 19.3. The quantitative estimate of drug-likeness (QED) is 0.702. The summed E-state index contributed by atoms with van der Waals surface area (Å²) in [6.07, 6.45) is 0.621. The van der Waals surface area contributed by atoms with Crippen LogP contribution in [-0.4, -0.2) is 31.0 Å². The fourth-order valence-electron chi connectivity index (χ4n) is 4.33. The highest BCUT2D eigenvalue weighted by Crippen LogP contribution is 2.43. The van der Waals surface area contributed by atoms with Gasteiger partial charge < -0.3 is 15.4 Å². The lowest BCUT2D eigenvalue weighted by Gasteiger charge is -2.29. The summed E-state index contributed by atoms with van der Waals surface area (Å²) in [4.78, 5) is 16.8. The number of thiophene rings is 1. The standard InChI is InChI=1S/C22H23N3O2S/c1-3-25-11-10-15-17(12-25)28-22-19(15)21(26)23-20(24-22)18-14-7-5-4-6-13(14)8-9-16(18)27-2/h4-9,20,24H,3,10-12H2,1-2H3,(H,23,26)/t20-/m1/s1. The molecule has 5 rings (SSSR count). The van der Waals surface area contributed by atoms with E-state index in [2.05, 4.69) is 40.7 Å². The van der Waals surface area contributed by atoms with E-state index >= 15 is 0 Å². The van der Waals surface area contributed by atoms with Crippen LogP contribution < -0.4 is 15.4 Å². The van der Waals surface area contributed by atoms with Crippen molar-refractivity contribution in [3.05, 3.63) is 58.0 Å². The Kier molecular flexibility index (Phi) is 4.25. The average Bonchev–Trinajstić information content (AvgIpc) is 3.10. The van der Waals surface area contributed by atoms with Crippen LogP contribution in [0.15, 0.2) is 36.4 Å². The summed E-state index contributed by atoms with van der Waals surface area (Å²) in [6.45, 7) is 5.17. The second kappa shape index (κ2) is 6.79. The van der Waals surface area contributed by atoms with E-state index in [1.54, 1.807) is 18.4 Å². The molecule has 2 aliphatic rings. The van der Waals surface area contributed by atoms with E-state index in [1.807, 2.05) is 18.2 Å². The largest absolute Gasteiger partial charge is 0.496 e. The molecule has 144 valence electrons. The predicted molar refractivity (Wildman–Crippen MR) is 113 cm³/mol. The molecule has 2 aromatic carbocycles. The Morgan fingerprint density at radius 2 is 2.07 bits per heavy atom. The molecule has 2 N–H and O–H groups in total. The molecule has 1 atom stereocenters. The molecular weight excluding hydrogens is 370 g/mol. The van der Waals surface area contributed by atoms with Gasteiger partial charge in [0.15, 0.2) is 0 Å². The highest BCUT2D eigenvalue weighted by Gasteiger charge is 2.34. The Morgan fingerprint density at radius 1 is 1.21 bits per heavy atom. The molecule has 28 heavy (non-hydrogen) atoms. The van der Waals surface area contributed by atoms with E-state index in [0.29, 0.717) is 0 Å². The normalized spacial score (nSPS) is 18.9. The zero-order valence-electron chi connectivity index (χ0n) is 16.0. The minimum absolute atomic E-state index is 0.0104. The molecule has 6 heteroatoms. The molecule has 0 spiro atoms. The van der Waals surface area contributed by atoms with Gasteiger partial charge in [-0.25, -0.2) is 0 Å². The number of fused-ring (bicyclic) bond motifs is 4. The molecule has 0 aliphatic carbocycles. The smallest absolute Gasteiger partial charge is 0.256 e. The third-order valence-electron chi connectivity index (χ3n) is 5.80. The number of hydrogen-bond acceptors (Lipinski definition) is 5. The predicted octanol–water partition coefficient (Wildman–Crippen LogP) is 4.14. The second-order valence-electron chi connectivity index (χ2n) is 7.28. The van der Waals surface area contributed by atoms with E-state index < -0.39 is 0 Å². The molecule has 1 aromatic heterocycles. The summed E-state index contributed by atoms with van der Waals surface area (Å²) in [5.41, 5.74) is 3.03. The molecule has 0 bridgehead atoms. The highest BCUT2D eigenvalue weighted by atomic mass is 32.1. The molecule has 0 fully saturated rings. The molecule has 0 saturated carbocycles. The van der Waals surface area contributed by atoms with Crippen LogP contribution in [0.1, 0.15) is 39.5 Å². The van der Waals surface area contributed by atoms with E-state index in [-0.39, 0.29) is 12.1 Å². The summed E-state index contributed by atoms with van der Waals surface area (Å²) in [7, 11) is 1.67. The zero-order valence-corrected chi connectivity index (χ0v) is 16.9. The highest BCUT2D eigenvalue weighted by molar-refractivity contribution is 7.16. The van der Waals surface area contributed by atoms with Gasteiger partial charge in [0.25, 0.3) is 5.91 Å². The molecule has 1 amide bonds. The molecule has 3 aromatic rings. The van der Waals surface area contributed by atoms with E-state index in [1.165, 1.54) is 10.4 Å². The van der Waals surface area contributed by atoms with Crippen molar-refractivity contribution in [3.63, 3.8) is 0 Å². The number of methoxy groups -OCH3 is 1. The first kappa shape index (κ1) is 17.5. The Morgan fingerprint density at radius 3 is 2.89 bits per heavy atom. The first-order chi connectivity index (χ1) is 13.7. The molecule has 3 heterocycles. The van der Waals surface area contributed by atoms with Crippen LogP contribution in [0.2, 0.25) is 0 Å². The molecule has 2 aliphatic heterocycles. The van der Waals surface area contributed by atoms with Crippen LogP contribution in [0.3, 0.4) is 0 Å². The van der Waals surface area contributed by atoms with Crippen LogP contribution >= 0.6 is 11.3 Å². The van der Waals surface area contributed by atoms with Crippen LogP contribution in [0.25, 0.3) is 10.8 Å². The minimum Gasteiger partial charge on any atom is -0.496 e. The van der Waals surface area contributed by atoms with Gasteiger partial charge >= 0.3 is 0 Å². The van der Waals surface area contributed by atoms with Gasteiger partial charge in [-0.3, -0.25) is 9.69 Å². The number of carbonyl (C=O) groups is 1. The second-order valence-corrected chi connectivity index (χ2v) is 8.39. The number of nitrogens with one attached hydrogen (secondary N) is 2. The van der Waals surface area contributed by atoms with Crippen molar-refractivity contribution in [1.29, 1.82) is 0 Å². The Bertz CT molecular complexity index is 1080. The van der Waals surface area contributed by atoms with Gasteiger partial charge in [0.1, 0.15) is 16.9 Å². The lowest BCUT2D eigenvalue weighted by Crippen LogP contribution is -2.39. The van der Waals surface area contributed by atoms with Gasteiger partial charge in [0.05, 0.1) is 12.7 Å². The number of carbonyl (C=O) groups excluding carboxylic acids is 1. The number of amides is 1. The Labute approximate surface area is 168 Å². The lowest BCUT2D eigenvalue weighted by molar-refractivity contribution is 0.0934. The Balaban J connectivity index is 1.59. The van der Waals surface area contributed by atoms with Crippen molar-refractivity contribution in [2.24, 2.45) is 0 Å². The van der Waals surface area contributed by atoms with E-state index in [9.17, 15) is 4.79 Å². The minimum atomic E-state index is -0.316. The number of benzene rings is 2. The molecule has 0 unspecified atom stereocenters. The van der Waals surface area contributed by atoms with Crippen molar-refractivity contribution < 1.29 is 9.53 Å². The van der Waals surface area contributed by atoms with Crippen molar-refractivity contribution in [2.75, 3.05) is 25.5 Å².